The van der Waals surface area contributed by atoms with Gasteiger partial charge in [0.15, 0.2) is 0 Å². The van der Waals surface area contributed by atoms with Crippen molar-refractivity contribution in [3.63, 3.8) is 0 Å². The van der Waals surface area contributed by atoms with Crippen LogP contribution in [0.5, 0.6) is 0 Å². The zero-order valence-corrected chi connectivity index (χ0v) is 21.7. The van der Waals surface area contributed by atoms with E-state index in [9.17, 15) is 24.0 Å². The number of hydrogen-bond acceptors (Lipinski definition) is 8. The standard InChI is InChI=1S/C26H35FN6O5/c1-17-12-22(20(27)13-19(17)26(38)33(16-34)21-2-3-23(35)29-25(21)37)31-10-8-30(9-11-31)15-18-4-6-32(7-5-18)24(36)14-28/h12-13,16,18,21H,2-11,14-15,28H2,1H3,(H,29,35,37). The molecule has 1 atom stereocenters. The van der Waals surface area contributed by atoms with E-state index in [1.54, 1.807) is 13.0 Å². The van der Waals surface area contributed by atoms with Crippen molar-refractivity contribution in [1.82, 2.24) is 20.0 Å². The molecule has 0 spiro atoms. The van der Waals surface area contributed by atoms with E-state index in [1.807, 2.05) is 9.80 Å². The minimum atomic E-state index is -1.11. The second-order valence-electron chi connectivity index (χ2n) is 10.2. The first kappa shape index (κ1) is 27.6. The van der Waals surface area contributed by atoms with Crippen LogP contribution in [0.3, 0.4) is 0 Å². The minimum absolute atomic E-state index is 0.00106. The first-order chi connectivity index (χ1) is 18.2. The molecule has 11 nitrogen and oxygen atoms in total. The van der Waals surface area contributed by atoms with Crippen LogP contribution in [-0.4, -0.2) is 103 Å². The SMILES string of the molecule is Cc1cc(N2CCN(CC3CCN(C(=O)CN)CC3)CC2)c(F)cc1C(=O)N(C=O)C1CCC(=O)NC1=O. The molecular weight excluding hydrogens is 495 g/mol. The van der Waals surface area contributed by atoms with Crippen LogP contribution in [0.4, 0.5) is 10.1 Å². The van der Waals surface area contributed by atoms with Gasteiger partial charge in [-0.2, -0.15) is 0 Å². The molecule has 3 N–H and O–H groups in total. The Hall–Kier alpha value is -3.38. The molecule has 3 fully saturated rings. The molecule has 1 aromatic rings. The number of hydrogen-bond donors (Lipinski definition) is 2. The fourth-order valence-electron chi connectivity index (χ4n) is 5.52. The fourth-order valence-corrected chi connectivity index (χ4v) is 5.52. The number of carbonyl (C=O) groups is 5. The third kappa shape index (κ3) is 6.02. The molecule has 3 heterocycles. The van der Waals surface area contributed by atoms with Crippen LogP contribution in [0.1, 0.15) is 41.6 Å². The van der Waals surface area contributed by atoms with Crippen molar-refractivity contribution in [1.29, 1.82) is 0 Å². The topological polar surface area (TPSA) is 136 Å². The molecule has 0 saturated carbocycles. The second kappa shape index (κ2) is 12.0. The normalized spacial score (nSPS) is 21.3. The zero-order valence-electron chi connectivity index (χ0n) is 21.7. The number of anilines is 1. The number of piperazine rings is 1. The van der Waals surface area contributed by atoms with Crippen molar-refractivity contribution >= 4 is 35.7 Å². The molecule has 3 aliphatic rings. The Morgan fingerprint density at radius 3 is 2.39 bits per heavy atom. The average Bonchev–Trinajstić information content (AvgIpc) is 2.91. The molecule has 0 aromatic heterocycles. The Kier molecular flexibility index (Phi) is 8.72. The Morgan fingerprint density at radius 2 is 1.79 bits per heavy atom. The van der Waals surface area contributed by atoms with E-state index in [4.69, 9.17) is 5.73 Å². The molecule has 0 radical (unpaired) electrons. The summed E-state index contributed by atoms with van der Waals surface area (Å²) in [7, 11) is 0. The number of rotatable bonds is 7. The third-order valence-electron chi connectivity index (χ3n) is 7.79. The molecule has 0 aliphatic carbocycles. The van der Waals surface area contributed by atoms with Crippen LogP contribution >= 0.6 is 0 Å². The van der Waals surface area contributed by atoms with Crippen LogP contribution < -0.4 is 16.0 Å². The van der Waals surface area contributed by atoms with Gasteiger partial charge in [0.2, 0.25) is 24.1 Å². The summed E-state index contributed by atoms with van der Waals surface area (Å²) < 4.78 is 15.2. The minimum Gasteiger partial charge on any atom is -0.367 e. The quantitative estimate of drug-likeness (QED) is 0.367. The Balaban J connectivity index is 1.35. The largest absolute Gasteiger partial charge is 0.367 e. The van der Waals surface area contributed by atoms with Crippen molar-refractivity contribution in [2.24, 2.45) is 11.7 Å². The summed E-state index contributed by atoms with van der Waals surface area (Å²) in [5, 5.41) is 2.13. The second-order valence-corrected chi connectivity index (χ2v) is 10.2. The summed E-state index contributed by atoms with van der Waals surface area (Å²) in [6.45, 7) is 6.94. The van der Waals surface area contributed by atoms with E-state index >= 15 is 4.39 Å². The molecule has 12 heteroatoms. The molecule has 4 rings (SSSR count). The van der Waals surface area contributed by atoms with Gasteiger partial charge in [-0.05, 0) is 49.8 Å². The first-order valence-corrected chi connectivity index (χ1v) is 13.1. The molecule has 3 aliphatic heterocycles. The lowest BCUT2D eigenvalue weighted by molar-refractivity contribution is -0.139. The van der Waals surface area contributed by atoms with Crippen molar-refractivity contribution in [2.45, 2.75) is 38.6 Å². The van der Waals surface area contributed by atoms with E-state index in [1.165, 1.54) is 0 Å². The zero-order chi connectivity index (χ0) is 27.4. The van der Waals surface area contributed by atoms with Crippen LogP contribution in [0.2, 0.25) is 0 Å². The van der Waals surface area contributed by atoms with E-state index in [2.05, 4.69) is 10.2 Å². The number of likely N-dealkylation sites (tertiary alicyclic amines) is 1. The van der Waals surface area contributed by atoms with Crippen LogP contribution in [-0.2, 0) is 19.2 Å². The number of imide groups is 2. The van der Waals surface area contributed by atoms with Gasteiger partial charge in [-0.1, -0.05) is 0 Å². The molecule has 1 aromatic carbocycles. The number of nitrogens with zero attached hydrogens (tertiary/aromatic N) is 4. The highest BCUT2D eigenvalue weighted by Gasteiger charge is 2.36. The smallest absolute Gasteiger partial charge is 0.261 e. The molecule has 0 bridgehead atoms. The lowest BCUT2D eigenvalue weighted by Crippen LogP contribution is -2.54. The number of nitrogens with two attached hydrogens (primary N) is 1. The highest BCUT2D eigenvalue weighted by Crippen LogP contribution is 2.27. The van der Waals surface area contributed by atoms with E-state index in [0.717, 1.165) is 56.5 Å². The van der Waals surface area contributed by atoms with E-state index in [-0.39, 0.29) is 37.3 Å². The van der Waals surface area contributed by atoms with Crippen LogP contribution in [0.15, 0.2) is 12.1 Å². The van der Waals surface area contributed by atoms with Crippen molar-refractivity contribution in [3.8, 4) is 0 Å². The number of nitrogens with one attached hydrogen (secondary N) is 1. The summed E-state index contributed by atoms with van der Waals surface area (Å²) in [4.78, 5) is 67.0. The molecular formula is C26H35FN6O5. The Bertz CT molecular complexity index is 1100. The predicted octanol–water partition coefficient (Wildman–Crippen LogP) is -0.143. The molecule has 206 valence electrons. The number of halogens is 1. The first-order valence-electron chi connectivity index (χ1n) is 13.1. The molecule has 38 heavy (non-hydrogen) atoms. The van der Waals surface area contributed by atoms with E-state index < -0.39 is 29.6 Å². The average molecular weight is 531 g/mol. The number of piperidine rings is 2. The number of amides is 5. The predicted molar refractivity (Wildman–Crippen MR) is 137 cm³/mol. The van der Waals surface area contributed by atoms with Crippen molar-refractivity contribution in [2.75, 3.05) is 57.3 Å². The lowest BCUT2D eigenvalue weighted by atomic mass is 9.95. The number of benzene rings is 1. The fraction of sp³-hybridized carbons (Fsp3) is 0.577. The van der Waals surface area contributed by atoms with Gasteiger partial charge in [0.1, 0.15) is 11.9 Å². The summed E-state index contributed by atoms with van der Waals surface area (Å²) >= 11 is 0. The van der Waals surface area contributed by atoms with Crippen LogP contribution in [0.25, 0.3) is 0 Å². The van der Waals surface area contributed by atoms with Gasteiger partial charge in [-0.15, -0.1) is 0 Å². The maximum absolute atomic E-state index is 15.2. The monoisotopic (exact) mass is 530 g/mol. The molecule has 3 saturated heterocycles. The summed E-state index contributed by atoms with van der Waals surface area (Å²) in [6.07, 6.45) is 2.20. The van der Waals surface area contributed by atoms with Crippen molar-refractivity contribution < 1.29 is 28.4 Å². The number of carbonyl (C=O) groups excluding carboxylic acids is 5. The lowest BCUT2D eigenvalue weighted by Gasteiger charge is -2.39. The van der Waals surface area contributed by atoms with Gasteiger partial charge in [0, 0.05) is 57.8 Å². The van der Waals surface area contributed by atoms with Gasteiger partial charge in [0.25, 0.3) is 5.91 Å². The maximum atomic E-state index is 15.2. The molecule has 1 unspecified atom stereocenters. The maximum Gasteiger partial charge on any atom is 0.261 e. The van der Waals surface area contributed by atoms with Gasteiger partial charge >= 0.3 is 0 Å². The van der Waals surface area contributed by atoms with Gasteiger partial charge in [0.05, 0.1) is 12.2 Å². The van der Waals surface area contributed by atoms with Crippen LogP contribution in [0, 0.1) is 18.7 Å². The third-order valence-corrected chi connectivity index (χ3v) is 7.79. The number of aryl methyl sites for hydroxylation is 1. The Morgan fingerprint density at radius 1 is 1.11 bits per heavy atom. The highest BCUT2D eigenvalue weighted by molar-refractivity contribution is 6.07. The highest BCUT2D eigenvalue weighted by atomic mass is 19.1. The van der Waals surface area contributed by atoms with Gasteiger partial charge in [-0.25, -0.2) is 4.39 Å². The van der Waals surface area contributed by atoms with E-state index in [0.29, 0.717) is 30.3 Å². The van der Waals surface area contributed by atoms with Crippen molar-refractivity contribution in [3.05, 3.63) is 29.1 Å². The molecule has 5 amide bonds. The summed E-state index contributed by atoms with van der Waals surface area (Å²) in [5.74, 6) is -2.01. The summed E-state index contributed by atoms with van der Waals surface area (Å²) in [6, 6.07) is 1.62. The van der Waals surface area contributed by atoms with Gasteiger partial charge in [-0.3, -0.25) is 39.1 Å². The summed E-state index contributed by atoms with van der Waals surface area (Å²) in [5.41, 5.74) is 6.35. The Labute approximate surface area is 221 Å². The van der Waals surface area contributed by atoms with Gasteiger partial charge < -0.3 is 15.5 Å².